The van der Waals surface area contributed by atoms with E-state index in [9.17, 15) is 9.90 Å². The van der Waals surface area contributed by atoms with Crippen LogP contribution in [0.15, 0.2) is 24.3 Å². The second-order valence-electron chi connectivity index (χ2n) is 10.3. The normalized spacial score (nSPS) is 22.9. The summed E-state index contributed by atoms with van der Waals surface area (Å²) >= 11 is 0. The van der Waals surface area contributed by atoms with Gasteiger partial charge in [0.05, 0.1) is 23.6 Å². The lowest BCUT2D eigenvalue weighted by atomic mass is 9.89. The van der Waals surface area contributed by atoms with Gasteiger partial charge in [0.15, 0.2) is 6.10 Å². The Hall–Kier alpha value is -2.60. The Morgan fingerprint density at radius 3 is 2.78 bits per heavy atom. The first-order chi connectivity index (χ1) is 15.2. The topological polar surface area (TPSA) is 73.6 Å². The van der Waals surface area contributed by atoms with Crippen LogP contribution in [0, 0.1) is 11.8 Å². The highest BCUT2D eigenvalue weighted by Gasteiger charge is 2.39. The number of hydrogen-bond donors (Lipinski definition) is 1. The summed E-state index contributed by atoms with van der Waals surface area (Å²) < 4.78 is 13.6. The number of aryl methyl sites for hydroxylation is 2. The van der Waals surface area contributed by atoms with Crippen LogP contribution in [0.5, 0.6) is 5.75 Å². The highest BCUT2D eigenvalue weighted by atomic mass is 16.5. The molecule has 1 fully saturated rings. The van der Waals surface area contributed by atoms with Crippen LogP contribution in [-0.4, -0.2) is 33.1 Å². The first-order valence-electron chi connectivity index (χ1n) is 11.7. The smallest absolute Gasteiger partial charge is 0.339 e. The number of carboxylic acid groups (broad SMARTS) is 1. The van der Waals surface area contributed by atoms with Crippen LogP contribution in [0.2, 0.25) is 0 Å². The third kappa shape index (κ3) is 3.75. The molecule has 0 radical (unpaired) electrons. The molecule has 170 valence electrons. The van der Waals surface area contributed by atoms with Gasteiger partial charge in [-0.2, -0.15) is 5.10 Å². The summed E-state index contributed by atoms with van der Waals surface area (Å²) in [6.45, 7) is 6.39. The summed E-state index contributed by atoms with van der Waals surface area (Å²) in [5.74, 6) is 1.05. The molecule has 3 atom stereocenters. The number of aliphatic carboxylic acids is 1. The molecule has 2 heterocycles. The van der Waals surface area contributed by atoms with E-state index in [2.05, 4.69) is 12.1 Å². The number of fused-ring (bicyclic) bond motifs is 3. The van der Waals surface area contributed by atoms with Gasteiger partial charge in [-0.3, -0.25) is 4.68 Å². The predicted octanol–water partition coefficient (Wildman–Crippen LogP) is 5.17. The molecule has 32 heavy (non-hydrogen) atoms. The second-order valence-corrected chi connectivity index (χ2v) is 10.3. The van der Waals surface area contributed by atoms with Gasteiger partial charge in [0.1, 0.15) is 5.75 Å². The number of ether oxygens (including phenoxy) is 2. The van der Waals surface area contributed by atoms with Gasteiger partial charge in [0.25, 0.3) is 0 Å². The minimum atomic E-state index is -1.11. The lowest BCUT2D eigenvalue weighted by molar-refractivity contribution is -0.161. The average Bonchev–Trinajstić information content (AvgIpc) is 3.45. The van der Waals surface area contributed by atoms with Crippen LogP contribution in [0.1, 0.15) is 69.5 Å². The highest BCUT2D eigenvalue weighted by molar-refractivity contribution is 5.87. The van der Waals surface area contributed by atoms with Gasteiger partial charge >= 0.3 is 5.97 Å². The van der Waals surface area contributed by atoms with Gasteiger partial charge < -0.3 is 14.6 Å². The number of carboxylic acids is 1. The van der Waals surface area contributed by atoms with Crippen LogP contribution >= 0.6 is 0 Å². The number of rotatable bonds is 5. The molecule has 2 bridgehead atoms. The standard InChI is InChI=1S/C26H32N2O4/c1-26(2,3)32-24(25(29)30)23-21(18-9-10-20-17(14-18)6-5-11-31-20)22(27-28(23)4)19-13-15-7-8-16(19)12-15/h9-10,13-16,24H,5-8,11-12H2,1-4H3,(H,29,30). The molecule has 1 aliphatic heterocycles. The van der Waals surface area contributed by atoms with Gasteiger partial charge in [-0.05, 0) is 93.5 Å². The van der Waals surface area contributed by atoms with Crippen molar-refractivity contribution in [3.8, 4) is 16.9 Å². The maximum absolute atomic E-state index is 12.4. The molecule has 0 spiro atoms. The third-order valence-corrected chi connectivity index (χ3v) is 6.83. The zero-order chi connectivity index (χ0) is 22.6. The molecule has 1 aromatic heterocycles. The highest BCUT2D eigenvalue weighted by Crippen LogP contribution is 2.50. The average molecular weight is 437 g/mol. The van der Waals surface area contributed by atoms with E-state index in [1.54, 1.807) is 4.68 Å². The fourth-order valence-corrected chi connectivity index (χ4v) is 5.53. The summed E-state index contributed by atoms with van der Waals surface area (Å²) in [6.07, 6.45) is 6.81. The van der Waals surface area contributed by atoms with Crippen LogP contribution in [0.3, 0.4) is 0 Å². The Morgan fingerprint density at radius 2 is 2.12 bits per heavy atom. The lowest BCUT2D eigenvalue weighted by Gasteiger charge is -2.26. The van der Waals surface area contributed by atoms with Crippen molar-refractivity contribution in [1.82, 2.24) is 9.78 Å². The van der Waals surface area contributed by atoms with Crippen molar-refractivity contribution in [2.45, 2.75) is 64.6 Å². The Kier molecular flexibility index (Phi) is 5.16. The Balaban J connectivity index is 1.70. The van der Waals surface area contributed by atoms with E-state index in [1.165, 1.54) is 30.4 Å². The first-order valence-corrected chi connectivity index (χ1v) is 11.7. The van der Waals surface area contributed by atoms with E-state index >= 15 is 0 Å². The van der Waals surface area contributed by atoms with Crippen molar-refractivity contribution in [1.29, 1.82) is 0 Å². The summed E-state index contributed by atoms with van der Waals surface area (Å²) in [5.41, 5.74) is 5.21. The Bertz CT molecular complexity index is 1090. The largest absolute Gasteiger partial charge is 0.493 e. The number of hydrogen-bond acceptors (Lipinski definition) is 4. The summed E-state index contributed by atoms with van der Waals surface area (Å²) in [6, 6.07) is 6.21. The lowest BCUT2D eigenvalue weighted by Crippen LogP contribution is -2.29. The fraction of sp³-hybridized carbons (Fsp3) is 0.538. The molecular formula is C26H32N2O4. The van der Waals surface area contributed by atoms with Crippen molar-refractivity contribution >= 4 is 11.5 Å². The maximum Gasteiger partial charge on any atom is 0.339 e. The molecule has 0 saturated heterocycles. The van der Waals surface area contributed by atoms with Crippen molar-refractivity contribution in [2.75, 3.05) is 6.61 Å². The van der Waals surface area contributed by atoms with Gasteiger partial charge in [-0.1, -0.05) is 12.1 Å². The van der Waals surface area contributed by atoms with E-state index < -0.39 is 17.7 Å². The number of benzene rings is 1. The molecule has 2 aromatic rings. The molecule has 1 aromatic carbocycles. The zero-order valence-corrected chi connectivity index (χ0v) is 19.4. The molecule has 3 aliphatic rings. The Labute approximate surface area is 189 Å². The molecule has 6 heteroatoms. The van der Waals surface area contributed by atoms with E-state index in [0.717, 1.165) is 42.0 Å². The van der Waals surface area contributed by atoms with E-state index in [0.29, 0.717) is 17.5 Å². The maximum atomic E-state index is 12.4. The SMILES string of the molecule is Cn1nc(C2=CC3CCC2C3)c(-c2ccc3c(c2)CCCO3)c1C(OC(C)(C)C)C(=O)O. The van der Waals surface area contributed by atoms with E-state index in [-0.39, 0.29) is 0 Å². The molecule has 5 rings (SSSR count). The molecule has 1 N–H and O–H groups in total. The van der Waals surface area contributed by atoms with Gasteiger partial charge in [-0.15, -0.1) is 0 Å². The monoisotopic (exact) mass is 436 g/mol. The van der Waals surface area contributed by atoms with E-state index in [4.69, 9.17) is 14.6 Å². The zero-order valence-electron chi connectivity index (χ0n) is 19.4. The molecule has 1 saturated carbocycles. The molecule has 0 amide bonds. The molecular weight excluding hydrogens is 404 g/mol. The minimum absolute atomic E-state index is 0.509. The predicted molar refractivity (Wildman–Crippen MR) is 122 cm³/mol. The Morgan fingerprint density at radius 1 is 1.31 bits per heavy atom. The van der Waals surface area contributed by atoms with Crippen molar-refractivity contribution in [3.63, 3.8) is 0 Å². The van der Waals surface area contributed by atoms with Crippen LogP contribution in [0.25, 0.3) is 16.7 Å². The second kappa shape index (κ2) is 7.77. The van der Waals surface area contributed by atoms with Gasteiger partial charge in [0, 0.05) is 12.6 Å². The first kappa shape index (κ1) is 21.3. The van der Waals surface area contributed by atoms with Crippen molar-refractivity contribution in [2.24, 2.45) is 18.9 Å². The number of nitrogens with zero attached hydrogens (tertiary/aromatic N) is 2. The van der Waals surface area contributed by atoms with Crippen molar-refractivity contribution in [3.05, 3.63) is 41.2 Å². The minimum Gasteiger partial charge on any atom is -0.493 e. The summed E-state index contributed by atoms with van der Waals surface area (Å²) in [4.78, 5) is 12.4. The molecule has 3 unspecified atom stereocenters. The fourth-order valence-electron chi connectivity index (χ4n) is 5.53. The summed E-state index contributed by atoms with van der Waals surface area (Å²) in [7, 11) is 1.83. The van der Waals surface area contributed by atoms with Gasteiger partial charge in [0.2, 0.25) is 0 Å². The third-order valence-electron chi connectivity index (χ3n) is 6.83. The number of carbonyl (C=O) groups is 1. The van der Waals surface area contributed by atoms with Gasteiger partial charge in [-0.25, -0.2) is 4.79 Å². The van der Waals surface area contributed by atoms with Crippen LogP contribution in [0.4, 0.5) is 0 Å². The molecule has 6 nitrogen and oxygen atoms in total. The van der Waals surface area contributed by atoms with Crippen LogP contribution in [-0.2, 0) is 23.0 Å². The van der Waals surface area contributed by atoms with E-state index in [1.807, 2.05) is 40.0 Å². The molecule has 2 aliphatic carbocycles. The number of allylic oxidation sites excluding steroid dienone is 2. The van der Waals surface area contributed by atoms with Crippen LogP contribution < -0.4 is 4.74 Å². The van der Waals surface area contributed by atoms with Crippen molar-refractivity contribution < 1.29 is 19.4 Å². The number of aromatic nitrogens is 2. The quantitative estimate of drug-likeness (QED) is 0.700. The summed E-state index contributed by atoms with van der Waals surface area (Å²) in [5, 5.41) is 15.1.